The number of nitrogens with zero attached hydrogens (tertiary/aromatic N) is 1. The van der Waals surface area contributed by atoms with Crippen LogP contribution in [0.2, 0.25) is 0 Å². The summed E-state index contributed by atoms with van der Waals surface area (Å²) < 4.78 is 23.2. The molecule has 6 heteroatoms. The van der Waals surface area contributed by atoms with E-state index in [4.69, 9.17) is 5.73 Å². The highest BCUT2D eigenvalue weighted by atomic mass is 32.2. The lowest BCUT2D eigenvalue weighted by atomic mass is 10.1. The molecule has 2 aromatic carbocycles. The van der Waals surface area contributed by atoms with Crippen LogP contribution in [-0.4, -0.2) is 24.6 Å². The van der Waals surface area contributed by atoms with Crippen molar-refractivity contribution in [2.75, 3.05) is 12.0 Å². The van der Waals surface area contributed by atoms with Crippen LogP contribution in [0.4, 0.5) is 5.69 Å². The van der Waals surface area contributed by atoms with Crippen LogP contribution in [0.5, 0.6) is 0 Å². The summed E-state index contributed by atoms with van der Waals surface area (Å²) in [5.74, 6) is 0.669. The second-order valence-electron chi connectivity index (χ2n) is 5.11. The molecular weight excluding hydrogens is 286 g/mol. The fourth-order valence-electron chi connectivity index (χ4n) is 2.14. The van der Waals surface area contributed by atoms with Gasteiger partial charge in [-0.3, -0.25) is 0 Å². The summed E-state index contributed by atoms with van der Waals surface area (Å²) in [4.78, 5) is 7.88. The van der Waals surface area contributed by atoms with Crippen LogP contribution in [0.3, 0.4) is 0 Å². The number of aromatic nitrogens is 2. The molecule has 1 aromatic heterocycles. The monoisotopic (exact) mass is 301 g/mol. The summed E-state index contributed by atoms with van der Waals surface area (Å²) in [7, 11) is -3.23. The predicted octanol–water partition coefficient (Wildman–Crippen LogP) is 2.52. The van der Waals surface area contributed by atoms with Crippen LogP contribution in [0.25, 0.3) is 22.4 Å². The van der Waals surface area contributed by atoms with Gasteiger partial charge < -0.3 is 10.7 Å². The molecule has 0 saturated carbocycles. The van der Waals surface area contributed by atoms with Crippen LogP contribution in [0.15, 0.2) is 41.3 Å². The fraction of sp³-hybridized carbons (Fsp3) is 0.133. The molecule has 0 fully saturated rings. The smallest absolute Gasteiger partial charge is 0.175 e. The van der Waals surface area contributed by atoms with Crippen molar-refractivity contribution in [2.24, 2.45) is 0 Å². The lowest BCUT2D eigenvalue weighted by molar-refractivity contribution is 0.602. The van der Waals surface area contributed by atoms with Crippen molar-refractivity contribution in [3.05, 3.63) is 42.0 Å². The van der Waals surface area contributed by atoms with Gasteiger partial charge in [-0.25, -0.2) is 13.4 Å². The molecule has 0 aliphatic carbocycles. The van der Waals surface area contributed by atoms with Gasteiger partial charge in [0.25, 0.3) is 0 Å². The first-order chi connectivity index (χ1) is 9.84. The molecule has 0 bridgehead atoms. The van der Waals surface area contributed by atoms with E-state index in [0.717, 1.165) is 16.6 Å². The molecule has 0 spiro atoms. The number of fused-ring (bicyclic) bond motifs is 1. The van der Waals surface area contributed by atoms with Gasteiger partial charge in [0, 0.05) is 17.5 Å². The van der Waals surface area contributed by atoms with Gasteiger partial charge in [0.05, 0.1) is 15.9 Å². The van der Waals surface area contributed by atoms with Crippen LogP contribution >= 0.6 is 0 Å². The number of aryl methyl sites for hydroxylation is 1. The molecule has 108 valence electrons. The second kappa shape index (κ2) is 4.60. The fourth-order valence-corrected chi connectivity index (χ4v) is 2.79. The van der Waals surface area contributed by atoms with Crippen molar-refractivity contribution in [3.63, 3.8) is 0 Å². The topological polar surface area (TPSA) is 88.8 Å². The number of rotatable bonds is 2. The number of anilines is 1. The molecule has 0 saturated heterocycles. The van der Waals surface area contributed by atoms with Crippen LogP contribution < -0.4 is 5.73 Å². The zero-order chi connectivity index (χ0) is 15.2. The van der Waals surface area contributed by atoms with E-state index in [1.807, 2.05) is 25.1 Å². The minimum atomic E-state index is -3.23. The Labute approximate surface area is 122 Å². The average Bonchev–Trinajstić information content (AvgIpc) is 2.83. The number of benzene rings is 2. The van der Waals surface area contributed by atoms with Crippen LogP contribution in [-0.2, 0) is 9.84 Å². The Hall–Kier alpha value is -2.34. The third-order valence-electron chi connectivity index (χ3n) is 3.43. The van der Waals surface area contributed by atoms with Crippen molar-refractivity contribution in [1.29, 1.82) is 0 Å². The standard InChI is InChI=1S/C15H15N3O2S/c1-9-3-4-10(7-12(9)16)15-17-13-6-5-11(21(2,19)20)8-14(13)18-15/h3-8H,16H2,1-2H3,(H,17,18). The van der Waals surface area contributed by atoms with Gasteiger partial charge in [-0.2, -0.15) is 0 Å². The van der Waals surface area contributed by atoms with Crippen LogP contribution in [0.1, 0.15) is 5.56 Å². The van der Waals surface area contributed by atoms with Crippen LogP contribution in [0, 0.1) is 6.92 Å². The third kappa shape index (κ3) is 2.50. The van der Waals surface area contributed by atoms with Gasteiger partial charge in [-0.15, -0.1) is 0 Å². The summed E-state index contributed by atoms with van der Waals surface area (Å²) in [6.07, 6.45) is 1.19. The van der Waals surface area contributed by atoms with Gasteiger partial charge in [0.2, 0.25) is 0 Å². The number of hydrogen-bond donors (Lipinski definition) is 2. The molecule has 3 rings (SSSR count). The van der Waals surface area contributed by atoms with Crippen molar-refractivity contribution in [2.45, 2.75) is 11.8 Å². The summed E-state index contributed by atoms with van der Waals surface area (Å²) in [6.45, 7) is 1.94. The molecule has 0 aliphatic heterocycles. The number of nitrogens with two attached hydrogens (primary N) is 1. The Morgan fingerprint density at radius 2 is 1.90 bits per heavy atom. The molecule has 3 aromatic rings. The number of hydrogen-bond acceptors (Lipinski definition) is 4. The minimum absolute atomic E-state index is 0.272. The quantitative estimate of drug-likeness (QED) is 0.712. The first-order valence-corrected chi connectivity index (χ1v) is 8.30. The number of H-pyrrole nitrogens is 1. The normalized spacial score (nSPS) is 11.9. The Kier molecular flexibility index (Phi) is 2.98. The van der Waals surface area contributed by atoms with E-state index in [2.05, 4.69) is 9.97 Å². The lowest BCUT2D eigenvalue weighted by Gasteiger charge is -2.01. The highest BCUT2D eigenvalue weighted by Crippen LogP contribution is 2.25. The molecule has 0 aliphatic rings. The molecule has 3 N–H and O–H groups in total. The van der Waals surface area contributed by atoms with Gasteiger partial charge in [-0.05, 0) is 36.8 Å². The Morgan fingerprint density at radius 3 is 2.57 bits per heavy atom. The maximum Gasteiger partial charge on any atom is 0.175 e. The predicted molar refractivity (Wildman–Crippen MR) is 83.8 cm³/mol. The largest absolute Gasteiger partial charge is 0.398 e. The second-order valence-corrected chi connectivity index (χ2v) is 7.12. The molecule has 0 atom stereocenters. The molecule has 0 amide bonds. The van der Waals surface area contributed by atoms with E-state index in [0.29, 0.717) is 17.0 Å². The van der Waals surface area contributed by atoms with Crippen molar-refractivity contribution < 1.29 is 8.42 Å². The lowest BCUT2D eigenvalue weighted by Crippen LogP contribution is -1.96. The molecule has 21 heavy (non-hydrogen) atoms. The van der Waals surface area contributed by atoms with E-state index in [9.17, 15) is 8.42 Å². The van der Waals surface area contributed by atoms with Gasteiger partial charge in [0.1, 0.15) is 5.82 Å². The number of nitrogen functional groups attached to an aromatic ring is 1. The number of sulfone groups is 1. The Morgan fingerprint density at radius 1 is 1.14 bits per heavy atom. The van der Waals surface area contributed by atoms with Crippen molar-refractivity contribution in [3.8, 4) is 11.4 Å². The Balaban J connectivity index is 2.14. The average molecular weight is 301 g/mol. The van der Waals surface area contributed by atoms with E-state index in [-0.39, 0.29) is 4.90 Å². The van der Waals surface area contributed by atoms with Gasteiger partial charge in [0.15, 0.2) is 9.84 Å². The van der Waals surface area contributed by atoms with Gasteiger partial charge >= 0.3 is 0 Å². The molecule has 1 heterocycles. The third-order valence-corrected chi connectivity index (χ3v) is 4.54. The van der Waals surface area contributed by atoms with E-state index < -0.39 is 9.84 Å². The Bertz CT molecular complexity index is 943. The minimum Gasteiger partial charge on any atom is -0.398 e. The number of imidazole rings is 1. The summed E-state index contributed by atoms with van der Waals surface area (Å²) in [5.41, 5.74) is 9.90. The maximum absolute atomic E-state index is 11.6. The number of nitrogens with one attached hydrogen (secondary N) is 1. The molecule has 0 unspecified atom stereocenters. The van der Waals surface area contributed by atoms with E-state index >= 15 is 0 Å². The summed E-state index contributed by atoms with van der Waals surface area (Å²) in [6, 6.07) is 10.6. The SMILES string of the molecule is Cc1ccc(-c2nc3ccc(S(C)(=O)=O)cc3[nH]2)cc1N. The first kappa shape index (κ1) is 13.6. The zero-order valence-electron chi connectivity index (χ0n) is 11.7. The van der Waals surface area contributed by atoms with Gasteiger partial charge in [-0.1, -0.05) is 12.1 Å². The highest BCUT2D eigenvalue weighted by Gasteiger charge is 2.11. The maximum atomic E-state index is 11.6. The molecule has 0 radical (unpaired) electrons. The molecule has 5 nitrogen and oxygen atoms in total. The number of aromatic amines is 1. The van der Waals surface area contributed by atoms with E-state index in [1.165, 1.54) is 6.26 Å². The zero-order valence-corrected chi connectivity index (χ0v) is 12.5. The highest BCUT2D eigenvalue weighted by molar-refractivity contribution is 7.90. The van der Waals surface area contributed by atoms with E-state index in [1.54, 1.807) is 18.2 Å². The first-order valence-electron chi connectivity index (χ1n) is 6.41. The molecular formula is C15H15N3O2S. The summed E-state index contributed by atoms with van der Waals surface area (Å²) in [5, 5.41) is 0. The van der Waals surface area contributed by atoms with Crippen molar-refractivity contribution >= 4 is 26.6 Å². The van der Waals surface area contributed by atoms with Crippen molar-refractivity contribution in [1.82, 2.24) is 9.97 Å². The summed E-state index contributed by atoms with van der Waals surface area (Å²) >= 11 is 0.